The van der Waals surface area contributed by atoms with E-state index in [0.29, 0.717) is 6.54 Å². The molecule has 3 unspecified atom stereocenters. The number of hydrogen-bond donors (Lipinski definition) is 0. The highest BCUT2D eigenvalue weighted by molar-refractivity contribution is 5.84. The lowest BCUT2D eigenvalue weighted by molar-refractivity contribution is -0.135. The predicted molar refractivity (Wildman–Crippen MR) is 102 cm³/mol. The standard InChI is InChI=1S/C23H21FN2O/c24-18-10-8-16(9-11-18)19-15-20(19)23(27)26-14-13-25-12-4-7-21(25)22(26)17-5-2-1-3-6-17/h1-12,19-20,22H,13-15H2. The van der Waals surface area contributed by atoms with Crippen LogP contribution in [0, 0.1) is 11.7 Å². The van der Waals surface area contributed by atoms with E-state index in [9.17, 15) is 9.18 Å². The van der Waals surface area contributed by atoms with Crippen LogP contribution in [-0.4, -0.2) is 21.9 Å². The Kier molecular flexibility index (Phi) is 3.85. The summed E-state index contributed by atoms with van der Waals surface area (Å²) in [6.45, 7) is 1.54. The van der Waals surface area contributed by atoms with Crippen LogP contribution in [0.15, 0.2) is 72.9 Å². The van der Waals surface area contributed by atoms with Crippen LogP contribution in [-0.2, 0) is 11.3 Å². The van der Waals surface area contributed by atoms with Gasteiger partial charge < -0.3 is 9.47 Å². The predicted octanol–water partition coefficient (Wildman–Crippen LogP) is 4.36. The van der Waals surface area contributed by atoms with Gasteiger partial charge in [-0.25, -0.2) is 4.39 Å². The Morgan fingerprint density at radius 1 is 0.889 bits per heavy atom. The van der Waals surface area contributed by atoms with Gasteiger partial charge in [0.05, 0.1) is 6.04 Å². The van der Waals surface area contributed by atoms with Crippen LogP contribution in [0.2, 0.25) is 0 Å². The van der Waals surface area contributed by atoms with Gasteiger partial charge in [0.1, 0.15) is 5.82 Å². The minimum absolute atomic E-state index is 0.00295. The number of carbonyl (C=O) groups excluding carboxylic acids is 1. The van der Waals surface area contributed by atoms with Gasteiger partial charge in [0.2, 0.25) is 5.91 Å². The van der Waals surface area contributed by atoms with Crippen molar-refractivity contribution in [1.29, 1.82) is 0 Å². The first-order chi connectivity index (χ1) is 13.2. The molecule has 1 saturated carbocycles. The summed E-state index contributed by atoms with van der Waals surface area (Å²) in [6, 6.07) is 20.9. The van der Waals surface area contributed by atoms with Gasteiger partial charge in [0.15, 0.2) is 0 Å². The van der Waals surface area contributed by atoms with Gasteiger partial charge in [-0.3, -0.25) is 4.79 Å². The second kappa shape index (κ2) is 6.38. The van der Waals surface area contributed by atoms with E-state index < -0.39 is 0 Å². The largest absolute Gasteiger partial charge is 0.348 e. The maximum Gasteiger partial charge on any atom is 0.227 e. The van der Waals surface area contributed by atoms with Gasteiger partial charge in [-0.1, -0.05) is 42.5 Å². The van der Waals surface area contributed by atoms with E-state index in [-0.39, 0.29) is 29.6 Å². The van der Waals surface area contributed by atoms with Gasteiger partial charge in [0, 0.05) is 30.9 Å². The molecule has 3 atom stereocenters. The Labute approximate surface area is 158 Å². The van der Waals surface area contributed by atoms with E-state index in [1.807, 2.05) is 35.2 Å². The van der Waals surface area contributed by atoms with Crippen molar-refractivity contribution in [3.63, 3.8) is 0 Å². The molecule has 3 nitrogen and oxygen atoms in total. The van der Waals surface area contributed by atoms with E-state index in [2.05, 4.69) is 35.0 Å². The molecule has 136 valence electrons. The van der Waals surface area contributed by atoms with Gasteiger partial charge in [-0.15, -0.1) is 0 Å². The maximum absolute atomic E-state index is 13.4. The molecule has 1 aliphatic carbocycles. The number of benzene rings is 2. The fourth-order valence-corrected chi connectivity index (χ4v) is 4.37. The zero-order valence-electron chi connectivity index (χ0n) is 15.0. The number of halogens is 1. The minimum atomic E-state index is -0.233. The molecule has 4 heteroatoms. The Bertz CT molecular complexity index is 964. The molecule has 2 heterocycles. The van der Waals surface area contributed by atoms with Gasteiger partial charge in [0.25, 0.3) is 0 Å². The quantitative estimate of drug-likeness (QED) is 0.681. The van der Waals surface area contributed by atoms with Gasteiger partial charge in [-0.2, -0.15) is 0 Å². The van der Waals surface area contributed by atoms with E-state index in [1.54, 1.807) is 0 Å². The lowest BCUT2D eigenvalue weighted by Crippen LogP contribution is -2.43. The summed E-state index contributed by atoms with van der Waals surface area (Å²) in [5, 5.41) is 0. The molecule has 2 aromatic carbocycles. The zero-order chi connectivity index (χ0) is 18.4. The average molecular weight is 360 g/mol. The second-order valence-electron chi connectivity index (χ2n) is 7.47. The Morgan fingerprint density at radius 3 is 2.44 bits per heavy atom. The molecule has 1 fully saturated rings. The molecule has 0 saturated heterocycles. The second-order valence-corrected chi connectivity index (χ2v) is 7.47. The van der Waals surface area contributed by atoms with Crippen molar-refractivity contribution in [2.45, 2.75) is 24.9 Å². The number of carbonyl (C=O) groups is 1. The first-order valence-corrected chi connectivity index (χ1v) is 9.48. The monoisotopic (exact) mass is 360 g/mol. The summed E-state index contributed by atoms with van der Waals surface area (Å²) in [5.41, 5.74) is 3.37. The molecule has 0 spiro atoms. The highest BCUT2D eigenvalue weighted by Gasteiger charge is 2.48. The van der Waals surface area contributed by atoms with E-state index in [0.717, 1.165) is 24.1 Å². The van der Waals surface area contributed by atoms with Crippen LogP contribution in [0.1, 0.15) is 35.2 Å². The van der Waals surface area contributed by atoms with Crippen LogP contribution in [0.25, 0.3) is 0 Å². The topological polar surface area (TPSA) is 25.2 Å². The minimum Gasteiger partial charge on any atom is -0.348 e. The van der Waals surface area contributed by atoms with Crippen molar-refractivity contribution in [2.24, 2.45) is 5.92 Å². The first-order valence-electron chi connectivity index (χ1n) is 9.48. The Hall–Kier alpha value is -2.88. The lowest BCUT2D eigenvalue weighted by Gasteiger charge is -2.37. The molecule has 1 aromatic heterocycles. The number of nitrogens with zero attached hydrogens (tertiary/aromatic N) is 2. The Morgan fingerprint density at radius 2 is 1.67 bits per heavy atom. The molecule has 0 N–H and O–H groups in total. The highest BCUT2D eigenvalue weighted by Crippen LogP contribution is 2.50. The van der Waals surface area contributed by atoms with Crippen molar-refractivity contribution >= 4 is 5.91 Å². The number of rotatable bonds is 3. The molecule has 27 heavy (non-hydrogen) atoms. The molecular weight excluding hydrogens is 339 g/mol. The average Bonchev–Trinajstić information content (AvgIpc) is 3.36. The van der Waals surface area contributed by atoms with Gasteiger partial charge >= 0.3 is 0 Å². The summed E-state index contributed by atoms with van der Waals surface area (Å²) in [4.78, 5) is 15.4. The molecule has 3 aromatic rings. The summed E-state index contributed by atoms with van der Waals surface area (Å²) < 4.78 is 15.4. The van der Waals surface area contributed by atoms with Crippen LogP contribution in [0.3, 0.4) is 0 Å². The normalized spacial score (nSPS) is 23.7. The maximum atomic E-state index is 13.4. The molecule has 5 rings (SSSR count). The molecule has 2 aliphatic rings. The number of amides is 1. The van der Waals surface area contributed by atoms with Crippen molar-refractivity contribution in [3.05, 3.63) is 95.6 Å². The lowest BCUT2D eigenvalue weighted by atomic mass is 9.99. The summed E-state index contributed by atoms with van der Waals surface area (Å²) >= 11 is 0. The molecule has 1 aliphatic heterocycles. The van der Waals surface area contributed by atoms with Crippen LogP contribution >= 0.6 is 0 Å². The van der Waals surface area contributed by atoms with Crippen molar-refractivity contribution in [1.82, 2.24) is 9.47 Å². The SMILES string of the molecule is O=C(C1CC1c1ccc(F)cc1)N1CCn2cccc2C1c1ccccc1. The van der Waals surface area contributed by atoms with E-state index >= 15 is 0 Å². The number of fused-ring (bicyclic) bond motifs is 1. The molecular formula is C23H21FN2O. The van der Waals surface area contributed by atoms with Crippen LogP contribution < -0.4 is 0 Å². The van der Waals surface area contributed by atoms with Crippen molar-refractivity contribution in [3.8, 4) is 0 Å². The van der Waals surface area contributed by atoms with E-state index in [4.69, 9.17) is 0 Å². The number of hydrogen-bond acceptors (Lipinski definition) is 1. The Balaban J connectivity index is 1.43. The third-order valence-electron chi connectivity index (χ3n) is 5.84. The zero-order valence-corrected chi connectivity index (χ0v) is 15.0. The van der Waals surface area contributed by atoms with Crippen molar-refractivity contribution in [2.75, 3.05) is 6.54 Å². The smallest absolute Gasteiger partial charge is 0.227 e. The van der Waals surface area contributed by atoms with Crippen LogP contribution in [0.4, 0.5) is 4.39 Å². The van der Waals surface area contributed by atoms with Crippen LogP contribution in [0.5, 0.6) is 0 Å². The van der Waals surface area contributed by atoms with Gasteiger partial charge in [-0.05, 0) is 47.7 Å². The summed E-state index contributed by atoms with van der Waals surface area (Å²) in [6.07, 6.45) is 2.94. The number of aromatic nitrogens is 1. The summed E-state index contributed by atoms with van der Waals surface area (Å²) in [5.74, 6) is 0.195. The third-order valence-corrected chi connectivity index (χ3v) is 5.84. The molecule has 0 radical (unpaired) electrons. The molecule has 0 bridgehead atoms. The fraction of sp³-hybridized carbons (Fsp3) is 0.261. The fourth-order valence-electron chi connectivity index (χ4n) is 4.37. The molecule has 1 amide bonds. The summed E-state index contributed by atoms with van der Waals surface area (Å²) in [7, 11) is 0. The van der Waals surface area contributed by atoms with E-state index in [1.165, 1.54) is 17.8 Å². The third kappa shape index (κ3) is 2.85. The first kappa shape index (κ1) is 16.3. The highest BCUT2D eigenvalue weighted by atomic mass is 19.1. The van der Waals surface area contributed by atoms with Crippen molar-refractivity contribution < 1.29 is 9.18 Å².